The smallest absolute Gasteiger partial charge is 0.0137 e. The maximum absolute atomic E-state index is 5.55. The molecule has 0 aliphatic carbocycles. The first-order chi connectivity index (χ1) is 5.92. The summed E-state index contributed by atoms with van der Waals surface area (Å²) in [5, 5.41) is 0. The minimum atomic E-state index is 0.761. The van der Waals surface area contributed by atoms with Crippen molar-refractivity contribution in [1.29, 1.82) is 0 Å². The number of rotatable bonds is 2. The molecule has 1 heterocycles. The Morgan fingerprint density at radius 1 is 1.42 bits per heavy atom. The molecule has 2 N–H and O–H groups in total. The molecule has 1 nitrogen and oxygen atoms in total. The van der Waals surface area contributed by atoms with Crippen LogP contribution in [-0.4, -0.2) is 12.3 Å². The van der Waals surface area contributed by atoms with Crippen molar-refractivity contribution in [2.75, 3.05) is 12.3 Å². The second kappa shape index (κ2) is 3.50. The number of hydrogen-bond donors (Lipinski definition) is 1. The molecular formula is C10H13NS. The summed E-state index contributed by atoms with van der Waals surface area (Å²) in [5.41, 5.74) is 8.51. The summed E-state index contributed by atoms with van der Waals surface area (Å²) in [7, 11) is 0. The number of hydrogen-bond acceptors (Lipinski definition) is 2. The monoisotopic (exact) mass is 179 g/mol. The molecule has 1 aliphatic rings. The standard InChI is InChI=1S/C10H13NS/c11-6-4-8-2-1-3-9-5-7-12-10(8)9/h1-3H,4-7,11H2. The zero-order valence-electron chi connectivity index (χ0n) is 7.05. The van der Waals surface area contributed by atoms with E-state index < -0.39 is 0 Å². The van der Waals surface area contributed by atoms with Crippen molar-refractivity contribution in [3.63, 3.8) is 0 Å². The van der Waals surface area contributed by atoms with Crippen LogP contribution in [0.3, 0.4) is 0 Å². The van der Waals surface area contributed by atoms with Gasteiger partial charge in [0.1, 0.15) is 0 Å². The lowest BCUT2D eigenvalue weighted by Gasteiger charge is -2.05. The zero-order chi connectivity index (χ0) is 8.39. The highest BCUT2D eigenvalue weighted by molar-refractivity contribution is 7.99. The van der Waals surface area contributed by atoms with Gasteiger partial charge in [0.25, 0.3) is 0 Å². The Hall–Kier alpha value is -0.470. The van der Waals surface area contributed by atoms with Crippen molar-refractivity contribution in [3.8, 4) is 0 Å². The quantitative estimate of drug-likeness (QED) is 0.749. The van der Waals surface area contributed by atoms with Crippen LogP contribution in [0.2, 0.25) is 0 Å². The van der Waals surface area contributed by atoms with Crippen LogP contribution in [-0.2, 0) is 12.8 Å². The summed E-state index contributed by atoms with van der Waals surface area (Å²) in [6, 6.07) is 6.58. The summed E-state index contributed by atoms with van der Waals surface area (Å²) in [4.78, 5) is 1.50. The van der Waals surface area contributed by atoms with E-state index in [1.807, 2.05) is 11.8 Å². The van der Waals surface area contributed by atoms with E-state index in [1.165, 1.54) is 28.2 Å². The molecule has 1 aromatic carbocycles. The third-order valence-corrected chi connectivity index (χ3v) is 3.43. The fraction of sp³-hybridized carbons (Fsp3) is 0.400. The third kappa shape index (κ3) is 1.37. The maximum Gasteiger partial charge on any atom is 0.0137 e. The SMILES string of the molecule is NCCc1cccc2c1SCC2. The van der Waals surface area contributed by atoms with Crippen molar-refractivity contribution >= 4 is 11.8 Å². The van der Waals surface area contributed by atoms with E-state index in [4.69, 9.17) is 5.73 Å². The Morgan fingerprint density at radius 3 is 3.17 bits per heavy atom. The molecule has 12 heavy (non-hydrogen) atoms. The van der Waals surface area contributed by atoms with Crippen molar-refractivity contribution < 1.29 is 0 Å². The molecule has 1 aromatic rings. The van der Waals surface area contributed by atoms with Crippen molar-refractivity contribution in [1.82, 2.24) is 0 Å². The van der Waals surface area contributed by atoms with Gasteiger partial charge in [0.15, 0.2) is 0 Å². The van der Waals surface area contributed by atoms with E-state index in [-0.39, 0.29) is 0 Å². The second-order valence-electron chi connectivity index (χ2n) is 3.04. The van der Waals surface area contributed by atoms with Crippen molar-refractivity contribution in [2.45, 2.75) is 17.7 Å². The van der Waals surface area contributed by atoms with Gasteiger partial charge in [0.05, 0.1) is 0 Å². The lowest BCUT2D eigenvalue weighted by Crippen LogP contribution is -2.03. The molecular weight excluding hydrogens is 166 g/mol. The van der Waals surface area contributed by atoms with Gasteiger partial charge in [-0.25, -0.2) is 0 Å². The lowest BCUT2D eigenvalue weighted by atomic mass is 10.1. The van der Waals surface area contributed by atoms with Crippen LogP contribution < -0.4 is 5.73 Å². The summed E-state index contributed by atoms with van der Waals surface area (Å²) in [5.74, 6) is 1.25. The fourth-order valence-corrected chi connectivity index (χ4v) is 2.87. The van der Waals surface area contributed by atoms with Gasteiger partial charge >= 0.3 is 0 Å². The number of thioether (sulfide) groups is 1. The molecule has 2 rings (SSSR count). The summed E-state index contributed by atoms with van der Waals surface area (Å²) < 4.78 is 0. The Balaban J connectivity index is 2.36. The Kier molecular flexibility index (Phi) is 2.38. The van der Waals surface area contributed by atoms with Crippen molar-refractivity contribution in [3.05, 3.63) is 29.3 Å². The molecule has 0 saturated carbocycles. The molecule has 0 radical (unpaired) electrons. The number of benzene rings is 1. The van der Waals surface area contributed by atoms with Crippen LogP contribution >= 0.6 is 11.8 Å². The van der Waals surface area contributed by atoms with Gasteiger partial charge in [0.2, 0.25) is 0 Å². The predicted octanol–water partition coefficient (Wildman–Crippen LogP) is 1.84. The number of fused-ring (bicyclic) bond motifs is 1. The second-order valence-corrected chi connectivity index (χ2v) is 4.15. The third-order valence-electron chi connectivity index (χ3n) is 2.21. The Labute approximate surface area is 77.3 Å². The molecule has 0 fully saturated rings. The van der Waals surface area contributed by atoms with Gasteiger partial charge in [-0.15, -0.1) is 11.8 Å². The molecule has 0 aromatic heterocycles. The fourth-order valence-electron chi connectivity index (χ4n) is 1.64. The molecule has 64 valence electrons. The maximum atomic E-state index is 5.55. The zero-order valence-corrected chi connectivity index (χ0v) is 7.86. The van der Waals surface area contributed by atoms with E-state index in [0.29, 0.717) is 0 Å². The van der Waals surface area contributed by atoms with Crippen LogP contribution in [0, 0.1) is 0 Å². The van der Waals surface area contributed by atoms with Gasteiger partial charge in [0, 0.05) is 10.6 Å². The van der Waals surface area contributed by atoms with E-state index in [2.05, 4.69) is 18.2 Å². The highest BCUT2D eigenvalue weighted by Crippen LogP contribution is 2.34. The van der Waals surface area contributed by atoms with Gasteiger partial charge in [-0.1, -0.05) is 18.2 Å². The van der Waals surface area contributed by atoms with Crippen LogP contribution in [0.15, 0.2) is 23.1 Å². The first-order valence-corrected chi connectivity index (χ1v) is 5.34. The molecule has 0 saturated heterocycles. The van der Waals surface area contributed by atoms with E-state index in [0.717, 1.165) is 13.0 Å². The molecule has 0 atom stereocenters. The van der Waals surface area contributed by atoms with Crippen molar-refractivity contribution in [2.24, 2.45) is 5.73 Å². The highest BCUT2D eigenvalue weighted by Gasteiger charge is 2.13. The summed E-state index contributed by atoms with van der Waals surface area (Å²) in [6.45, 7) is 0.761. The lowest BCUT2D eigenvalue weighted by molar-refractivity contribution is 0.936. The van der Waals surface area contributed by atoms with Gasteiger partial charge in [-0.05, 0) is 30.5 Å². The largest absolute Gasteiger partial charge is 0.330 e. The van der Waals surface area contributed by atoms with Gasteiger partial charge < -0.3 is 5.73 Å². The highest BCUT2D eigenvalue weighted by atomic mass is 32.2. The average molecular weight is 179 g/mol. The Morgan fingerprint density at radius 2 is 2.33 bits per heavy atom. The molecule has 2 heteroatoms. The van der Waals surface area contributed by atoms with Crippen LogP contribution in [0.5, 0.6) is 0 Å². The average Bonchev–Trinajstić information content (AvgIpc) is 2.53. The van der Waals surface area contributed by atoms with Gasteiger partial charge in [-0.3, -0.25) is 0 Å². The molecule has 0 spiro atoms. The topological polar surface area (TPSA) is 26.0 Å². The first kappa shape index (κ1) is 8.14. The minimum absolute atomic E-state index is 0.761. The normalized spacial score (nSPS) is 14.8. The van der Waals surface area contributed by atoms with E-state index in [9.17, 15) is 0 Å². The van der Waals surface area contributed by atoms with Crippen LogP contribution in [0.1, 0.15) is 11.1 Å². The van der Waals surface area contributed by atoms with E-state index in [1.54, 1.807) is 0 Å². The number of aryl methyl sites for hydroxylation is 1. The van der Waals surface area contributed by atoms with E-state index >= 15 is 0 Å². The minimum Gasteiger partial charge on any atom is -0.330 e. The first-order valence-electron chi connectivity index (χ1n) is 4.35. The summed E-state index contributed by atoms with van der Waals surface area (Å²) in [6.07, 6.45) is 2.26. The molecule has 0 amide bonds. The summed E-state index contributed by atoms with van der Waals surface area (Å²) >= 11 is 1.98. The molecule has 1 aliphatic heterocycles. The number of nitrogens with two attached hydrogens (primary N) is 1. The predicted molar refractivity (Wildman–Crippen MR) is 53.6 cm³/mol. The van der Waals surface area contributed by atoms with Crippen LogP contribution in [0.4, 0.5) is 0 Å². The molecule has 0 unspecified atom stereocenters. The Bertz CT molecular complexity index is 283. The molecule has 0 bridgehead atoms. The van der Waals surface area contributed by atoms with Crippen LogP contribution in [0.25, 0.3) is 0 Å². The van der Waals surface area contributed by atoms with Gasteiger partial charge in [-0.2, -0.15) is 0 Å².